The molecule has 0 amide bonds. The Labute approximate surface area is 117 Å². The Morgan fingerprint density at radius 3 is 2.55 bits per heavy atom. The lowest BCUT2D eigenvalue weighted by Crippen LogP contribution is -2.14. The Hall–Kier alpha value is -2.40. The molecule has 2 aromatic carbocycles. The minimum atomic E-state index is -0.432. The summed E-state index contributed by atoms with van der Waals surface area (Å²) in [4.78, 5) is 10.4. The first-order valence-electron chi connectivity index (χ1n) is 6.23. The number of methoxy groups -OCH3 is 1. The van der Waals surface area contributed by atoms with Crippen LogP contribution in [-0.2, 0) is 6.42 Å². The van der Waals surface area contributed by atoms with E-state index in [-0.39, 0.29) is 11.7 Å². The second kappa shape index (κ2) is 6.16. The molecule has 1 atom stereocenters. The van der Waals surface area contributed by atoms with Gasteiger partial charge >= 0.3 is 0 Å². The Morgan fingerprint density at radius 1 is 1.25 bits per heavy atom. The molecule has 0 radical (unpaired) electrons. The number of benzene rings is 2. The molecule has 0 aliphatic heterocycles. The van der Waals surface area contributed by atoms with Gasteiger partial charge in [0.1, 0.15) is 5.75 Å². The highest BCUT2D eigenvalue weighted by Gasteiger charge is 2.17. The SMILES string of the molecule is COc1ccc([N+](=O)[O-])cc1C(N)Cc1ccccc1. The lowest BCUT2D eigenvalue weighted by Gasteiger charge is -2.15. The molecule has 104 valence electrons. The quantitative estimate of drug-likeness (QED) is 0.670. The minimum Gasteiger partial charge on any atom is -0.496 e. The highest BCUT2D eigenvalue weighted by Crippen LogP contribution is 2.29. The molecule has 0 aliphatic carbocycles. The van der Waals surface area contributed by atoms with Crippen LogP contribution in [0.5, 0.6) is 5.75 Å². The van der Waals surface area contributed by atoms with Crippen LogP contribution in [0.3, 0.4) is 0 Å². The zero-order chi connectivity index (χ0) is 14.5. The van der Waals surface area contributed by atoms with Crippen LogP contribution in [0, 0.1) is 10.1 Å². The highest BCUT2D eigenvalue weighted by atomic mass is 16.6. The van der Waals surface area contributed by atoms with Crippen LogP contribution in [0.2, 0.25) is 0 Å². The van der Waals surface area contributed by atoms with Crippen LogP contribution in [0.1, 0.15) is 17.2 Å². The number of nitrogens with two attached hydrogens (primary N) is 1. The summed E-state index contributed by atoms with van der Waals surface area (Å²) < 4.78 is 5.24. The first kappa shape index (κ1) is 14.0. The van der Waals surface area contributed by atoms with Gasteiger partial charge in [-0.3, -0.25) is 10.1 Å². The second-order valence-corrected chi connectivity index (χ2v) is 4.48. The van der Waals surface area contributed by atoms with Crippen LogP contribution in [0.4, 0.5) is 5.69 Å². The van der Waals surface area contributed by atoms with Gasteiger partial charge < -0.3 is 10.5 Å². The van der Waals surface area contributed by atoms with E-state index in [0.717, 1.165) is 5.56 Å². The van der Waals surface area contributed by atoms with Gasteiger partial charge in [0.05, 0.1) is 12.0 Å². The maximum Gasteiger partial charge on any atom is 0.270 e. The van der Waals surface area contributed by atoms with Gasteiger partial charge in [0.25, 0.3) is 5.69 Å². The molecule has 0 bridgehead atoms. The van der Waals surface area contributed by atoms with Crippen molar-refractivity contribution in [2.75, 3.05) is 7.11 Å². The molecule has 0 aromatic heterocycles. The number of nitrogens with zero attached hydrogens (tertiary/aromatic N) is 1. The Balaban J connectivity index is 2.30. The number of ether oxygens (including phenoxy) is 1. The molecular weight excluding hydrogens is 256 g/mol. The molecule has 2 N–H and O–H groups in total. The van der Waals surface area contributed by atoms with E-state index in [9.17, 15) is 10.1 Å². The maximum atomic E-state index is 10.9. The lowest BCUT2D eigenvalue weighted by molar-refractivity contribution is -0.385. The van der Waals surface area contributed by atoms with Gasteiger partial charge in [-0.05, 0) is 18.1 Å². The van der Waals surface area contributed by atoms with Crippen molar-refractivity contribution in [2.45, 2.75) is 12.5 Å². The third-order valence-corrected chi connectivity index (χ3v) is 3.12. The van der Waals surface area contributed by atoms with Crippen LogP contribution >= 0.6 is 0 Å². The predicted molar refractivity (Wildman–Crippen MR) is 76.7 cm³/mol. The average molecular weight is 272 g/mol. The molecule has 5 nitrogen and oxygen atoms in total. The van der Waals surface area contributed by atoms with Gasteiger partial charge in [-0.2, -0.15) is 0 Å². The normalized spacial score (nSPS) is 11.9. The fraction of sp³-hybridized carbons (Fsp3) is 0.200. The lowest BCUT2D eigenvalue weighted by atomic mass is 9.98. The van der Waals surface area contributed by atoms with Gasteiger partial charge in [0.2, 0.25) is 0 Å². The molecule has 5 heteroatoms. The Kier molecular flexibility index (Phi) is 4.32. The summed E-state index contributed by atoms with van der Waals surface area (Å²) >= 11 is 0. The fourth-order valence-electron chi connectivity index (χ4n) is 2.10. The molecule has 0 heterocycles. The fourth-order valence-corrected chi connectivity index (χ4v) is 2.10. The monoisotopic (exact) mass is 272 g/mol. The van der Waals surface area contributed by atoms with Crippen molar-refractivity contribution in [3.63, 3.8) is 0 Å². The second-order valence-electron chi connectivity index (χ2n) is 4.48. The number of hydrogen-bond donors (Lipinski definition) is 1. The van der Waals surface area contributed by atoms with Crippen molar-refractivity contribution in [2.24, 2.45) is 5.73 Å². The maximum absolute atomic E-state index is 10.9. The Bertz CT molecular complexity index is 599. The first-order valence-corrected chi connectivity index (χ1v) is 6.23. The number of nitro groups is 1. The van der Waals surface area contributed by atoms with Crippen molar-refractivity contribution < 1.29 is 9.66 Å². The summed E-state index contributed by atoms with van der Waals surface area (Å²) in [7, 11) is 1.53. The van der Waals surface area contributed by atoms with E-state index in [4.69, 9.17) is 10.5 Å². The number of nitro benzene ring substituents is 1. The molecule has 0 aliphatic rings. The van der Waals surface area contributed by atoms with Crippen LogP contribution in [0.25, 0.3) is 0 Å². The molecule has 0 saturated carbocycles. The van der Waals surface area contributed by atoms with Crippen molar-refractivity contribution in [1.82, 2.24) is 0 Å². The Morgan fingerprint density at radius 2 is 1.95 bits per heavy atom. The van der Waals surface area contributed by atoms with E-state index < -0.39 is 4.92 Å². The first-order chi connectivity index (χ1) is 9.61. The smallest absolute Gasteiger partial charge is 0.270 e. The van der Waals surface area contributed by atoms with Crippen LogP contribution in [0.15, 0.2) is 48.5 Å². The van der Waals surface area contributed by atoms with Crippen LogP contribution < -0.4 is 10.5 Å². The molecule has 0 fully saturated rings. The average Bonchev–Trinajstić information content (AvgIpc) is 2.47. The van der Waals surface area contributed by atoms with Crippen molar-refractivity contribution >= 4 is 5.69 Å². The summed E-state index contributed by atoms with van der Waals surface area (Å²) in [6.07, 6.45) is 0.596. The molecular formula is C15H16N2O3. The predicted octanol–water partition coefficient (Wildman–Crippen LogP) is 2.85. The van der Waals surface area contributed by atoms with Gasteiger partial charge in [-0.25, -0.2) is 0 Å². The van der Waals surface area contributed by atoms with Gasteiger partial charge in [-0.15, -0.1) is 0 Å². The van der Waals surface area contributed by atoms with Crippen LogP contribution in [-0.4, -0.2) is 12.0 Å². The number of non-ortho nitro benzene ring substituents is 1. The van der Waals surface area contributed by atoms with Crippen molar-refractivity contribution in [3.8, 4) is 5.75 Å². The zero-order valence-electron chi connectivity index (χ0n) is 11.2. The van der Waals surface area contributed by atoms with E-state index in [1.165, 1.54) is 19.2 Å². The molecule has 20 heavy (non-hydrogen) atoms. The van der Waals surface area contributed by atoms with E-state index in [1.54, 1.807) is 6.07 Å². The van der Waals surface area contributed by atoms with Gasteiger partial charge in [-0.1, -0.05) is 30.3 Å². The van der Waals surface area contributed by atoms with Crippen molar-refractivity contribution in [3.05, 3.63) is 69.8 Å². The summed E-state index contributed by atoms with van der Waals surface area (Å²) in [5.41, 5.74) is 7.91. The topological polar surface area (TPSA) is 78.4 Å². The number of hydrogen-bond acceptors (Lipinski definition) is 4. The molecule has 0 spiro atoms. The number of rotatable bonds is 5. The summed E-state index contributed by atoms with van der Waals surface area (Å²) in [5, 5.41) is 10.9. The third-order valence-electron chi connectivity index (χ3n) is 3.12. The summed E-state index contributed by atoms with van der Waals surface area (Å²) in [6.45, 7) is 0. The standard InChI is InChI=1S/C15H16N2O3/c1-20-15-8-7-12(17(18)19)10-13(15)14(16)9-11-5-3-2-4-6-11/h2-8,10,14H,9,16H2,1H3. The molecule has 1 unspecified atom stereocenters. The third kappa shape index (κ3) is 3.13. The summed E-state index contributed by atoms with van der Waals surface area (Å²) in [5.74, 6) is 0.569. The van der Waals surface area contributed by atoms with E-state index in [0.29, 0.717) is 17.7 Å². The van der Waals surface area contributed by atoms with E-state index in [1.807, 2.05) is 30.3 Å². The van der Waals surface area contributed by atoms with Gasteiger partial charge in [0, 0.05) is 23.7 Å². The minimum absolute atomic E-state index is 0.0179. The highest BCUT2D eigenvalue weighted by molar-refractivity contribution is 5.45. The van der Waals surface area contributed by atoms with Crippen molar-refractivity contribution in [1.29, 1.82) is 0 Å². The molecule has 0 saturated heterocycles. The van der Waals surface area contributed by atoms with E-state index in [2.05, 4.69) is 0 Å². The molecule has 2 rings (SSSR count). The van der Waals surface area contributed by atoms with Gasteiger partial charge in [0.15, 0.2) is 0 Å². The summed E-state index contributed by atoms with van der Waals surface area (Å²) in [6, 6.07) is 13.9. The largest absolute Gasteiger partial charge is 0.496 e. The molecule has 2 aromatic rings. The zero-order valence-corrected chi connectivity index (χ0v) is 11.2. The van der Waals surface area contributed by atoms with E-state index >= 15 is 0 Å².